The zero-order valence-corrected chi connectivity index (χ0v) is 11.7. The average molecular weight is 280 g/mol. The first-order chi connectivity index (χ1) is 9.72. The highest BCUT2D eigenvalue weighted by molar-refractivity contribution is 5.92. The minimum atomic E-state index is -1.02. The van der Waals surface area contributed by atoms with Crippen molar-refractivity contribution >= 4 is 5.97 Å². The third-order valence-corrected chi connectivity index (χ3v) is 3.21. The third-order valence-electron chi connectivity index (χ3n) is 3.21. The van der Waals surface area contributed by atoms with Gasteiger partial charge >= 0.3 is 5.97 Å². The van der Waals surface area contributed by atoms with E-state index in [1.54, 1.807) is 6.07 Å². The van der Waals surface area contributed by atoms with Gasteiger partial charge in [0.25, 0.3) is 0 Å². The smallest absolute Gasteiger partial charge is 0.339 e. The second-order valence-corrected chi connectivity index (χ2v) is 4.77. The normalized spacial score (nSPS) is 12.4. The Balaban J connectivity index is 1.94. The summed E-state index contributed by atoms with van der Waals surface area (Å²) in [4.78, 5) is 11.2. The molecule has 0 amide bonds. The van der Waals surface area contributed by atoms with Crippen molar-refractivity contribution in [1.82, 2.24) is 0 Å². The molecule has 0 aliphatic carbocycles. The summed E-state index contributed by atoms with van der Waals surface area (Å²) in [6.07, 6.45) is 5.64. The van der Waals surface area contributed by atoms with E-state index in [9.17, 15) is 9.90 Å². The van der Waals surface area contributed by atoms with E-state index in [0.717, 1.165) is 12.8 Å². The molecule has 5 heteroatoms. The highest BCUT2D eigenvalue weighted by Gasteiger charge is 2.21. The Morgan fingerprint density at radius 1 is 1.20 bits per heavy atom. The Morgan fingerprint density at radius 2 is 1.90 bits per heavy atom. The van der Waals surface area contributed by atoms with E-state index in [1.165, 1.54) is 25.3 Å². The molecule has 0 saturated carbocycles. The van der Waals surface area contributed by atoms with E-state index >= 15 is 0 Å². The van der Waals surface area contributed by atoms with Crippen LogP contribution in [0.1, 0.15) is 49.4 Å². The van der Waals surface area contributed by atoms with E-state index in [2.05, 4.69) is 6.92 Å². The molecule has 0 atom stereocenters. The summed E-state index contributed by atoms with van der Waals surface area (Å²) in [5.74, 6) is 0.315. The lowest BCUT2D eigenvalue weighted by atomic mass is 10.1. The molecule has 1 aromatic rings. The van der Waals surface area contributed by atoms with Crippen molar-refractivity contribution < 1.29 is 24.1 Å². The number of aromatic carboxylic acids is 1. The molecule has 0 radical (unpaired) electrons. The molecule has 20 heavy (non-hydrogen) atoms. The average Bonchev–Trinajstić information content (AvgIpc) is 2.88. The number of hydrogen-bond acceptors (Lipinski definition) is 4. The molecule has 0 saturated heterocycles. The number of hydrogen-bond donors (Lipinski definition) is 1. The first-order valence-corrected chi connectivity index (χ1v) is 7.02. The van der Waals surface area contributed by atoms with Crippen molar-refractivity contribution in [3.63, 3.8) is 0 Å². The maximum absolute atomic E-state index is 11.2. The van der Waals surface area contributed by atoms with Crippen molar-refractivity contribution in [1.29, 1.82) is 0 Å². The van der Waals surface area contributed by atoms with Crippen LogP contribution in [-0.2, 0) is 0 Å². The van der Waals surface area contributed by atoms with Crippen LogP contribution in [0.15, 0.2) is 12.1 Å². The highest BCUT2D eigenvalue weighted by Crippen LogP contribution is 2.38. The SMILES string of the molecule is CCCCCCCOc1cc2c(cc1C(=O)O)OCO2. The quantitative estimate of drug-likeness (QED) is 0.739. The predicted octanol–water partition coefficient (Wildman–Crippen LogP) is 3.46. The minimum Gasteiger partial charge on any atom is -0.493 e. The lowest BCUT2D eigenvalue weighted by Gasteiger charge is -2.10. The van der Waals surface area contributed by atoms with Crippen molar-refractivity contribution in [3.05, 3.63) is 17.7 Å². The number of ether oxygens (including phenoxy) is 3. The fourth-order valence-corrected chi connectivity index (χ4v) is 2.10. The molecular weight excluding hydrogens is 260 g/mol. The van der Waals surface area contributed by atoms with Crippen LogP contribution in [-0.4, -0.2) is 24.5 Å². The number of carboxylic acid groups (broad SMARTS) is 1. The highest BCUT2D eigenvalue weighted by atomic mass is 16.7. The predicted molar refractivity (Wildman–Crippen MR) is 73.8 cm³/mol. The van der Waals surface area contributed by atoms with Gasteiger partial charge in [-0.15, -0.1) is 0 Å². The van der Waals surface area contributed by atoms with Crippen LogP contribution in [0.4, 0.5) is 0 Å². The minimum absolute atomic E-state index is 0.114. The number of carbonyl (C=O) groups is 1. The number of unbranched alkanes of at least 4 members (excludes halogenated alkanes) is 4. The Bertz CT molecular complexity index is 470. The van der Waals surface area contributed by atoms with Crippen molar-refractivity contribution in [2.45, 2.75) is 39.0 Å². The molecule has 5 nitrogen and oxygen atoms in total. The molecule has 1 aromatic carbocycles. The Hall–Kier alpha value is -1.91. The van der Waals surface area contributed by atoms with Crippen molar-refractivity contribution in [2.24, 2.45) is 0 Å². The van der Waals surface area contributed by atoms with E-state index in [0.29, 0.717) is 23.9 Å². The summed E-state index contributed by atoms with van der Waals surface area (Å²) in [5.41, 5.74) is 0.114. The van der Waals surface area contributed by atoms with Gasteiger partial charge in [-0.3, -0.25) is 0 Å². The standard InChI is InChI=1S/C15H20O5/c1-2-3-4-5-6-7-18-12-9-14-13(19-10-20-14)8-11(12)15(16)17/h8-9H,2-7,10H2,1H3,(H,16,17). The largest absolute Gasteiger partial charge is 0.493 e. The fourth-order valence-electron chi connectivity index (χ4n) is 2.10. The summed E-state index contributed by atoms with van der Waals surface area (Å²) >= 11 is 0. The van der Waals surface area contributed by atoms with Gasteiger partial charge in [0.2, 0.25) is 6.79 Å². The molecule has 0 bridgehead atoms. The second-order valence-electron chi connectivity index (χ2n) is 4.77. The van der Waals surface area contributed by atoms with Crippen molar-refractivity contribution in [3.8, 4) is 17.2 Å². The maximum Gasteiger partial charge on any atom is 0.339 e. The lowest BCUT2D eigenvalue weighted by Crippen LogP contribution is -2.04. The van der Waals surface area contributed by atoms with Gasteiger partial charge in [0.1, 0.15) is 11.3 Å². The lowest BCUT2D eigenvalue weighted by molar-refractivity contribution is 0.0691. The Kier molecular flexibility index (Phi) is 5.09. The summed E-state index contributed by atoms with van der Waals surface area (Å²) in [6, 6.07) is 3.05. The van der Waals surface area contributed by atoms with Crippen LogP contribution in [0.2, 0.25) is 0 Å². The van der Waals surface area contributed by atoms with Gasteiger partial charge in [-0.1, -0.05) is 32.6 Å². The maximum atomic E-state index is 11.2. The zero-order valence-electron chi connectivity index (χ0n) is 11.7. The first-order valence-electron chi connectivity index (χ1n) is 7.02. The van der Waals surface area contributed by atoms with Crippen LogP contribution < -0.4 is 14.2 Å². The van der Waals surface area contributed by atoms with Gasteiger partial charge in [0, 0.05) is 12.1 Å². The van der Waals surface area contributed by atoms with Crippen molar-refractivity contribution in [2.75, 3.05) is 13.4 Å². The molecule has 0 fully saturated rings. The first kappa shape index (κ1) is 14.5. The van der Waals surface area contributed by atoms with Gasteiger partial charge in [0.15, 0.2) is 11.5 Å². The monoisotopic (exact) mass is 280 g/mol. The zero-order chi connectivity index (χ0) is 14.4. The number of carboxylic acids is 1. The van der Waals surface area contributed by atoms with Gasteiger partial charge in [-0.2, -0.15) is 0 Å². The van der Waals surface area contributed by atoms with E-state index in [1.807, 2.05) is 0 Å². The van der Waals surface area contributed by atoms with Crippen LogP contribution in [0.3, 0.4) is 0 Å². The van der Waals surface area contributed by atoms with Crippen LogP contribution in [0.25, 0.3) is 0 Å². The van der Waals surface area contributed by atoms with E-state index < -0.39 is 5.97 Å². The number of fused-ring (bicyclic) bond motifs is 1. The number of rotatable bonds is 8. The second kappa shape index (κ2) is 7.03. The van der Waals surface area contributed by atoms with E-state index in [-0.39, 0.29) is 12.4 Å². The molecule has 1 aliphatic heterocycles. The summed E-state index contributed by atoms with van der Waals surface area (Å²) in [5, 5.41) is 9.19. The van der Waals surface area contributed by atoms with E-state index in [4.69, 9.17) is 14.2 Å². The Morgan fingerprint density at radius 3 is 2.60 bits per heavy atom. The molecule has 0 unspecified atom stereocenters. The summed E-state index contributed by atoms with van der Waals surface area (Å²) in [7, 11) is 0. The molecule has 1 N–H and O–H groups in total. The van der Waals surface area contributed by atoms with Gasteiger partial charge in [-0.05, 0) is 6.42 Å². The van der Waals surface area contributed by atoms with Gasteiger partial charge < -0.3 is 19.3 Å². The third kappa shape index (κ3) is 3.56. The molecular formula is C15H20O5. The molecule has 110 valence electrons. The fraction of sp³-hybridized carbons (Fsp3) is 0.533. The van der Waals surface area contributed by atoms with Gasteiger partial charge in [0.05, 0.1) is 6.61 Å². The topological polar surface area (TPSA) is 65.0 Å². The summed E-state index contributed by atoms with van der Waals surface area (Å²) in [6.45, 7) is 2.81. The molecule has 0 spiro atoms. The van der Waals surface area contributed by atoms with Crippen LogP contribution in [0.5, 0.6) is 17.2 Å². The molecule has 2 rings (SSSR count). The van der Waals surface area contributed by atoms with Crippen LogP contribution >= 0.6 is 0 Å². The van der Waals surface area contributed by atoms with Crippen LogP contribution in [0, 0.1) is 0 Å². The Labute approximate surface area is 118 Å². The molecule has 1 aliphatic rings. The summed E-state index contributed by atoms with van der Waals surface area (Å²) < 4.78 is 16.0. The molecule has 0 aromatic heterocycles. The van der Waals surface area contributed by atoms with Gasteiger partial charge in [-0.25, -0.2) is 4.79 Å². The number of benzene rings is 1. The molecule has 1 heterocycles.